The maximum Gasteiger partial charge on any atom is 0.673 e. The fourth-order valence-electron chi connectivity index (χ4n) is 2.96. The van der Waals surface area contributed by atoms with Crippen LogP contribution >= 0.6 is 11.3 Å². The maximum absolute atomic E-state index is 9.75. The van der Waals surface area contributed by atoms with Crippen molar-refractivity contribution in [1.82, 2.24) is 0 Å². The fourth-order valence-corrected chi connectivity index (χ4v) is 4.08. The lowest BCUT2D eigenvalue weighted by Gasteiger charge is -2.01. The predicted molar refractivity (Wildman–Crippen MR) is 127 cm³/mol. The minimum atomic E-state index is -6.00. The second kappa shape index (κ2) is 12.4. The molecule has 4 rings (SSSR count). The second-order valence-electron chi connectivity index (χ2n) is 6.99. The van der Waals surface area contributed by atoms with Crippen LogP contribution in [-0.2, 0) is 7.05 Å². The van der Waals surface area contributed by atoms with Gasteiger partial charge < -0.3 is 34.5 Å². The van der Waals surface area contributed by atoms with Crippen LogP contribution in [0.4, 0.5) is 34.5 Å². The quantitative estimate of drug-likeness (QED) is 0.112. The number of nitrogens with zero attached hydrogens (tertiary/aromatic N) is 1. The molecule has 0 spiro atoms. The van der Waals surface area contributed by atoms with Gasteiger partial charge in [-0.3, -0.25) is 0 Å². The molecule has 0 saturated carbocycles. The van der Waals surface area contributed by atoms with Crippen LogP contribution in [-0.4, -0.2) is 14.5 Å². The normalized spacial score (nSPS) is 11.0. The van der Waals surface area contributed by atoms with Crippen molar-refractivity contribution in [2.75, 3.05) is 0 Å². The highest BCUT2D eigenvalue weighted by Crippen LogP contribution is 2.36. The number of halogens is 8. The predicted octanol–water partition coefficient (Wildman–Crippen LogP) is 8.45. The van der Waals surface area contributed by atoms with E-state index in [4.69, 9.17) is 0 Å². The van der Waals surface area contributed by atoms with E-state index in [9.17, 15) is 34.5 Å². The highest BCUT2D eigenvalue weighted by Gasteiger charge is 2.22. The standard InChI is InChI=1S/C23H19NS.2BF4/c1-24-15-9-8-14-21(24)20-16-22(18-10-4-2-5-11-18)25-23(17-20)19-12-6-3-7-13-19;2*2-1(3,4)5/h2-17H,1H3;;/q+2;2*-1. The number of aryl methyl sites for hydroxylation is 1. The number of rotatable bonds is 3. The fraction of sp³-hybridized carbons (Fsp3) is 0.0435. The van der Waals surface area contributed by atoms with E-state index in [1.54, 1.807) is 0 Å². The Kier molecular flexibility index (Phi) is 9.94. The molecule has 2 aromatic heterocycles. The van der Waals surface area contributed by atoms with Crippen molar-refractivity contribution in [2.45, 2.75) is 0 Å². The summed E-state index contributed by atoms with van der Waals surface area (Å²) in [5.41, 5.74) is 4.96. The molecule has 184 valence electrons. The van der Waals surface area contributed by atoms with E-state index in [-0.39, 0.29) is 0 Å². The SMILES string of the molecule is C[n+]1ccccc1-c1cc(-c2ccccc2)[s+]c(-c2ccccc2)c1.F[B-](F)(F)F.F[B-](F)(F)F. The Bertz CT molecular complexity index is 1120. The zero-order valence-corrected chi connectivity index (χ0v) is 19.1. The van der Waals surface area contributed by atoms with Crippen molar-refractivity contribution >= 4 is 25.8 Å². The van der Waals surface area contributed by atoms with Crippen molar-refractivity contribution in [3.63, 3.8) is 0 Å². The summed E-state index contributed by atoms with van der Waals surface area (Å²) in [5.74, 6) is 0. The van der Waals surface area contributed by atoms with Gasteiger partial charge in [-0.15, -0.1) is 0 Å². The molecule has 2 aromatic carbocycles. The van der Waals surface area contributed by atoms with Gasteiger partial charge in [-0.25, -0.2) is 4.57 Å². The number of pyridine rings is 1. The summed E-state index contributed by atoms with van der Waals surface area (Å²) in [7, 11) is -9.91. The second-order valence-corrected chi connectivity index (χ2v) is 8.08. The number of aromatic nitrogens is 1. The summed E-state index contributed by atoms with van der Waals surface area (Å²) in [4.78, 5) is 2.56. The molecular formula is C23H19B2F8NS. The molecule has 0 aliphatic rings. The molecule has 4 aromatic rings. The van der Waals surface area contributed by atoms with Crippen molar-refractivity contribution in [3.05, 3.63) is 97.2 Å². The van der Waals surface area contributed by atoms with E-state index in [0.717, 1.165) is 0 Å². The van der Waals surface area contributed by atoms with E-state index >= 15 is 0 Å². The molecule has 0 saturated heterocycles. The van der Waals surface area contributed by atoms with Gasteiger partial charge in [-0.2, -0.15) is 0 Å². The first-order valence-corrected chi connectivity index (χ1v) is 10.9. The van der Waals surface area contributed by atoms with Gasteiger partial charge in [0.1, 0.15) is 7.05 Å². The Morgan fingerprint density at radius 2 is 0.914 bits per heavy atom. The van der Waals surface area contributed by atoms with Gasteiger partial charge >= 0.3 is 14.5 Å². The van der Waals surface area contributed by atoms with Crippen LogP contribution < -0.4 is 4.57 Å². The molecule has 0 radical (unpaired) electrons. The van der Waals surface area contributed by atoms with Crippen LogP contribution in [0, 0.1) is 0 Å². The van der Waals surface area contributed by atoms with Crippen LogP contribution in [0.3, 0.4) is 0 Å². The van der Waals surface area contributed by atoms with Crippen LogP contribution in [0.1, 0.15) is 0 Å². The Morgan fingerprint density at radius 3 is 1.29 bits per heavy atom. The zero-order valence-electron chi connectivity index (χ0n) is 18.3. The summed E-state index contributed by atoms with van der Waals surface area (Å²) >= 11 is 1.83. The summed E-state index contributed by atoms with van der Waals surface area (Å²) in [6, 6.07) is 32.1. The monoisotopic (exact) mass is 515 g/mol. The molecule has 0 aliphatic heterocycles. The molecule has 2 heterocycles. The van der Waals surface area contributed by atoms with Crippen molar-refractivity contribution in [1.29, 1.82) is 0 Å². The van der Waals surface area contributed by atoms with Crippen molar-refractivity contribution < 1.29 is 39.1 Å². The summed E-state index contributed by atoms with van der Waals surface area (Å²) in [6.07, 6.45) is 2.09. The number of hydrogen-bond donors (Lipinski definition) is 0. The van der Waals surface area contributed by atoms with Crippen molar-refractivity contribution in [3.8, 4) is 32.1 Å². The molecular weight excluding hydrogens is 496 g/mol. The molecule has 12 heteroatoms. The smallest absolute Gasteiger partial charge is 0.418 e. The van der Waals surface area contributed by atoms with Crippen LogP contribution in [0.15, 0.2) is 97.2 Å². The molecule has 0 N–H and O–H groups in total. The van der Waals surface area contributed by atoms with Crippen LogP contribution in [0.2, 0.25) is 0 Å². The first-order chi connectivity index (χ1) is 16.3. The lowest BCUT2D eigenvalue weighted by molar-refractivity contribution is -0.660. The van der Waals surface area contributed by atoms with E-state index in [1.165, 1.54) is 32.1 Å². The van der Waals surface area contributed by atoms with E-state index in [1.807, 2.05) is 11.3 Å². The molecule has 0 aliphatic carbocycles. The molecule has 0 fully saturated rings. The topological polar surface area (TPSA) is 3.88 Å². The third kappa shape index (κ3) is 11.1. The molecule has 1 nitrogen and oxygen atoms in total. The summed E-state index contributed by atoms with van der Waals surface area (Å²) in [6.45, 7) is 0. The van der Waals surface area contributed by atoms with E-state index in [2.05, 4.69) is 109 Å². The molecule has 0 unspecified atom stereocenters. The average Bonchev–Trinajstić information content (AvgIpc) is 2.78. The molecule has 35 heavy (non-hydrogen) atoms. The van der Waals surface area contributed by atoms with Gasteiger partial charge in [0.15, 0.2) is 6.20 Å². The Balaban J connectivity index is 0.000000368. The van der Waals surface area contributed by atoms with Gasteiger partial charge in [-0.1, -0.05) is 36.4 Å². The minimum absolute atomic E-state index is 1.21. The van der Waals surface area contributed by atoms with Gasteiger partial charge in [0, 0.05) is 35.4 Å². The van der Waals surface area contributed by atoms with E-state index in [0.29, 0.717) is 0 Å². The summed E-state index contributed by atoms with van der Waals surface area (Å²) in [5, 5.41) is 0. The largest absolute Gasteiger partial charge is 0.673 e. The first kappa shape index (κ1) is 28.0. The zero-order chi connectivity index (χ0) is 26.1. The van der Waals surface area contributed by atoms with Gasteiger partial charge in [0.25, 0.3) is 0 Å². The highest BCUT2D eigenvalue weighted by atomic mass is 32.1. The summed E-state index contributed by atoms with van der Waals surface area (Å²) < 4.78 is 80.2. The van der Waals surface area contributed by atoms with Crippen LogP contribution in [0.25, 0.3) is 32.1 Å². The molecule has 0 amide bonds. The van der Waals surface area contributed by atoms with E-state index < -0.39 is 14.5 Å². The van der Waals surface area contributed by atoms with Gasteiger partial charge in [0.2, 0.25) is 26.8 Å². The van der Waals surface area contributed by atoms with Crippen molar-refractivity contribution in [2.24, 2.45) is 7.05 Å². The molecule has 0 bridgehead atoms. The molecule has 0 atom stereocenters. The van der Waals surface area contributed by atoms with Gasteiger partial charge in [-0.05, 0) is 30.3 Å². The Labute approximate surface area is 201 Å². The lowest BCUT2D eigenvalue weighted by atomic mass is 10.1. The lowest BCUT2D eigenvalue weighted by Crippen LogP contribution is -2.29. The average molecular weight is 515 g/mol. The number of benzene rings is 2. The van der Waals surface area contributed by atoms with Gasteiger partial charge in [0.05, 0.1) is 5.56 Å². The third-order valence-corrected chi connectivity index (χ3v) is 5.41. The third-order valence-electron chi connectivity index (χ3n) is 4.26. The maximum atomic E-state index is 9.75. The minimum Gasteiger partial charge on any atom is -0.418 e. The Morgan fingerprint density at radius 1 is 0.543 bits per heavy atom. The van der Waals surface area contributed by atoms with Crippen LogP contribution in [0.5, 0.6) is 0 Å². The Hall–Kier alpha value is -3.27. The number of hydrogen-bond acceptors (Lipinski definition) is 0. The first-order valence-electron chi connectivity index (χ1n) is 10.1. The highest BCUT2D eigenvalue weighted by molar-refractivity contribution is 7.18.